The van der Waals surface area contributed by atoms with Gasteiger partial charge in [0.05, 0.1) is 0 Å². The largest absolute Gasteiger partial charge is 0.543 e. The van der Waals surface area contributed by atoms with Crippen LogP contribution in [0.15, 0.2) is 36.4 Å². The number of fused-ring (bicyclic) bond motifs is 1. The molecule has 0 amide bonds. The molecular formula is C20H29NO2Si. The SMILES string of the molecule is CC(C)(C)[Si](C)(C)Oc1ccc2cc(O[C@H]3CCNC3)ccc2c1. The summed E-state index contributed by atoms with van der Waals surface area (Å²) in [5.74, 6) is 1.93. The molecule has 0 aliphatic carbocycles. The molecule has 0 spiro atoms. The average Bonchev–Trinajstić information content (AvgIpc) is 2.99. The predicted octanol–water partition coefficient (Wildman–Crippen LogP) is 4.96. The maximum Gasteiger partial charge on any atom is 0.250 e. The molecule has 130 valence electrons. The maximum absolute atomic E-state index is 6.41. The normalized spacial score (nSPS) is 18.8. The molecule has 0 bridgehead atoms. The van der Waals surface area contributed by atoms with E-state index >= 15 is 0 Å². The van der Waals surface area contributed by atoms with Crippen LogP contribution in [0.3, 0.4) is 0 Å². The van der Waals surface area contributed by atoms with Crippen LogP contribution < -0.4 is 14.5 Å². The van der Waals surface area contributed by atoms with E-state index in [0.717, 1.165) is 31.0 Å². The van der Waals surface area contributed by atoms with Gasteiger partial charge < -0.3 is 14.5 Å². The molecule has 2 aromatic carbocycles. The van der Waals surface area contributed by atoms with E-state index in [-0.39, 0.29) is 5.04 Å². The highest BCUT2D eigenvalue weighted by Crippen LogP contribution is 2.38. The molecule has 24 heavy (non-hydrogen) atoms. The lowest BCUT2D eigenvalue weighted by Gasteiger charge is -2.36. The molecule has 3 rings (SSSR count). The van der Waals surface area contributed by atoms with Crippen molar-refractivity contribution < 1.29 is 9.16 Å². The van der Waals surface area contributed by atoms with Crippen molar-refractivity contribution in [2.24, 2.45) is 0 Å². The molecule has 1 N–H and O–H groups in total. The molecule has 1 heterocycles. The van der Waals surface area contributed by atoms with Crippen molar-refractivity contribution in [3.05, 3.63) is 36.4 Å². The van der Waals surface area contributed by atoms with Crippen molar-refractivity contribution in [3.8, 4) is 11.5 Å². The van der Waals surface area contributed by atoms with Crippen molar-refractivity contribution in [1.82, 2.24) is 5.32 Å². The minimum atomic E-state index is -1.80. The molecule has 3 nitrogen and oxygen atoms in total. The lowest BCUT2D eigenvalue weighted by Crippen LogP contribution is -2.43. The van der Waals surface area contributed by atoms with E-state index in [1.54, 1.807) is 0 Å². The number of rotatable bonds is 4. The molecular weight excluding hydrogens is 314 g/mol. The second-order valence-electron chi connectivity index (χ2n) is 8.27. The molecule has 0 radical (unpaired) electrons. The van der Waals surface area contributed by atoms with Crippen molar-refractivity contribution in [3.63, 3.8) is 0 Å². The first-order chi connectivity index (χ1) is 11.2. The molecule has 1 atom stereocenters. The fourth-order valence-electron chi connectivity index (χ4n) is 2.71. The summed E-state index contributed by atoms with van der Waals surface area (Å²) < 4.78 is 12.5. The Hall–Kier alpha value is -1.52. The van der Waals surface area contributed by atoms with Gasteiger partial charge in [-0.2, -0.15) is 0 Å². The van der Waals surface area contributed by atoms with E-state index in [2.05, 4.69) is 75.6 Å². The fraction of sp³-hybridized carbons (Fsp3) is 0.500. The Morgan fingerprint density at radius 3 is 2.21 bits per heavy atom. The topological polar surface area (TPSA) is 30.5 Å². The second-order valence-corrected chi connectivity index (χ2v) is 13.0. The van der Waals surface area contributed by atoms with Gasteiger partial charge >= 0.3 is 0 Å². The van der Waals surface area contributed by atoms with E-state index in [9.17, 15) is 0 Å². The van der Waals surface area contributed by atoms with Gasteiger partial charge in [0.15, 0.2) is 0 Å². The first-order valence-corrected chi connectivity index (χ1v) is 11.8. The van der Waals surface area contributed by atoms with Gasteiger partial charge in [0.25, 0.3) is 0 Å². The smallest absolute Gasteiger partial charge is 0.250 e. The summed E-state index contributed by atoms with van der Waals surface area (Å²) in [6.07, 6.45) is 1.38. The minimum absolute atomic E-state index is 0.203. The average molecular weight is 344 g/mol. The standard InChI is InChI=1S/C20H29NO2Si/c1-20(2,3)24(4,5)23-18-9-7-15-12-17(8-6-16(15)13-18)22-19-10-11-21-14-19/h6-9,12-13,19,21H,10-11,14H2,1-5H3/t19-/m0/s1. The summed E-state index contributed by atoms with van der Waals surface area (Å²) in [7, 11) is -1.80. The Labute approximate surface area is 146 Å². The predicted molar refractivity (Wildman–Crippen MR) is 104 cm³/mol. The van der Waals surface area contributed by atoms with Crippen LogP contribution in [0.2, 0.25) is 18.1 Å². The van der Waals surface area contributed by atoms with Crippen molar-refractivity contribution in [2.45, 2.75) is 51.4 Å². The van der Waals surface area contributed by atoms with Crippen LogP contribution in [0.1, 0.15) is 27.2 Å². The molecule has 1 aliphatic rings. The Bertz CT molecular complexity index is 715. The summed E-state index contributed by atoms with van der Waals surface area (Å²) in [6, 6.07) is 12.7. The van der Waals surface area contributed by atoms with Crippen LogP contribution in [0, 0.1) is 0 Å². The van der Waals surface area contributed by atoms with Crippen LogP contribution in [0.5, 0.6) is 11.5 Å². The zero-order valence-electron chi connectivity index (χ0n) is 15.5. The van der Waals surface area contributed by atoms with Gasteiger partial charge in [-0.15, -0.1) is 0 Å². The van der Waals surface area contributed by atoms with Gasteiger partial charge in [-0.1, -0.05) is 32.9 Å². The Kier molecular flexibility index (Phi) is 4.62. The molecule has 4 heteroatoms. The van der Waals surface area contributed by atoms with Gasteiger partial charge in [-0.3, -0.25) is 0 Å². The third-order valence-electron chi connectivity index (χ3n) is 5.28. The summed E-state index contributed by atoms with van der Waals surface area (Å²) in [6.45, 7) is 13.3. The second kappa shape index (κ2) is 6.41. The molecule has 1 aliphatic heterocycles. The van der Waals surface area contributed by atoms with Gasteiger partial charge in [0.1, 0.15) is 17.6 Å². The van der Waals surface area contributed by atoms with Gasteiger partial charge in [0, 0.05) is 6.54 Å². The number of hydrogen-bond donors (Lipinski definition) is 1. The van der Waals surface area contributed by atoms with Crippen LogP contribution in [0.4, 0.5) is 0 Å². The minimum Gasteiger partial charge on any atom is -0.543 e. The summed E-state index contributed by atoms with van der Waals surface area (Å²) in [4.78, 5) is 0. The van der Waals surface area contributed by atoms with Gasteiger partial charge in [-0.05, 0) is 66.1 Å². The van der Waals surface area contributed by atoms with E-state index in [1.165, 1.54) is 10.8 Å². The summed E-state index contributed by atoms with van der Waals surface area (Å²) >= 11 is 0. The highest BCUT2D eigenvalue weighted by molar-refractivity contribution is 6.74. The zero-order chi connectivity index (χ0) is 17.4. The van der Waals surface area contributed by atoms with Crippen molar-refractivity contribution in [2.75, 3.05) is 13.1 Å². The summed E-state index contributed by atoms with van der Waals surface area (Å²) in [5.41, 5.74) is 0. The van der Waals surface area contributed by atoms with E-state index in [1.807, 2.05) is 0 Å². The number of benzene rings is 2. The van der Waals surface area contributed by atoms with Crippen LogP contribution in [-0.4, -0.2) is 27.5 Å². The van der Waals surface area contributed by atoms with Crippen molar-refractivity contribution in [1.29, 1.82) is 0 Å². The molecule has 2 aromatic rings. The first-order valence-electron chi connectivity index (χ1n) is 8.85. The summed E-state index contributed by atoms with van der Waals surface area (Å²) in [5, 5.41) is 5.93. The highest BCUT2D eigenvalue weighted by Gasteiger charge is 2.38. The van der Waals surface area contributed by atoms with Gasteiger partial charge in [-0.25, -0.2) is 0 Å². The molecule has 0 aromatic heterocycles. The lowest BCUT2D eigenvalue weighted by molar-refractivity contribution is 0.223. The number of nitrogens with one attached hydrogen (secondary N) is 1. The third kappa shape index (κ3) is 3.76. The van der Waals surface area contributed by atoms with Gasteiger partial charge in [0.2, 0.25) is 8.32 Å². The maximum atomic E-state index is 6.41. The molecule has 1 fully saturated rings. The Morgan fingerprint density at radius 2 is 1.62 bits per heavy atom. The monoisotopic (exact) mass is 343 g/mol. The van der Waals surface area contributed by atoms with E-state index in [0.29, 0.717) is 6.10 Å². The number of ether oxygens (including phenoxy) is 1. The molecule has 1 saturated heterocycles. The van der Waals surface area contributed by atoms with Crippen molar-refractivity contribution >= 4 is 19.1 Å². The van der Waals surface area contributed by atoms with E-state index in [4.69, 9.17) is 9.16 Å². The fourth-order valence-corrected chi connectivity index (χ4v) is 3.73. The van der Waals surface area contributed by atoms with Crippen LogP contribution >= 0.6 is 0 Å². The Balaban J connectivity index is 1.79. The number of hydrogen-bond acceptors (Lipinski definition) is 3. The van der Waals surface area contributed by atoms with Crippen LogP contribution in [-0.2, 0) is 0 Å². The lowest BCUT2D eigenvalue weighted by atomic mass is 10.1. The third-order valence-corrected chi connectivity index (χ3v) is 9.64. The zero-order valence-corrected chi connectivity index (χ0v) is 16.5. The quantitative estimate of drug-likeness (QED) is 0.796. The highest BCUT2D eigenvalue weighted by atomic mass is 28.4. The molecule has 0 saturated carbocycles. The van der Waals surface area contributed by atoms with Crippen LogP contribution in [0.25, 0.3) is 10.8 Å². The first kappa shape index (κ1) is 17.3. The molecule has 0 unspecified atom stereocenters. The van der Waals surface area contributed by atoms with E-state index < -0.39 is 8.32 Å². The Morgan fingerprint density at radius 1 is 1.00 bits per heavy atom.